The Morgan fingerprint density at radius 1 is 1.00 bits per heavy atom. The topological polar surface area (TPSA) is 80.9 Å². The SMILES string of the molecule is CC(=O)Nc1ncc(-c2ccc(N)cc2)nc1-c1ccccc1. The highest BCUT2D eigenvalue weighted by Crippen LogP contribution is 2.27. The predicted octanol–water partition coefficient (Wildman–Crippen LogP) is 3.35. The Bertz CT molecular complexity index is 829. The zero-order valence-corrected chi connectivity index (χ0v) is 12.7. The quantitative estimate of drug-likeness (QED) is 0.727. The molecule has 2 aromatic carbocycles. The Balaban J connectivity index is 2.11. The van der Waals surface area contributed by atoms with Crippen LogP contribution in [-0.2, 0) is 4.79 Å². The maximum Gasteiger partial charge on any atom is 0.222 e. The molecule has 23 heavy (non-hydrogen) atoms. The highest BCUT2D eigenvalue weighted by molar-refractivity contribution is 5.91. The second-order valence-corrected chi connectivity index (χ2v) is 5.12. The maximum absolute atomic E-state index is 11.4. The van der Waals surface area contributed by atoms with Gasteiger partial charge in [0, 0.05) is 23.7 Å². The summed E-state index contributed by atoms with van der Waals surface area (Å²) in [5.41, 5.74) is 9.58. The van der Waals surface area contributed by atoms with E-state index in [0.717, 1.165) is 16.8 Å². The number of nitrogens with zero attached hydrogens (tertiary/aromatic N) is 2. The summed E-state index contributed by atoms with van der Waals surface area (Å²) in [5.74, 6) is 0.264. The van der Waals surface area contributed by atoms with Crippen LogP contribution in [0.3, 0.4) is 0 Å². The number of amides is 1. The number of carbonyl (C=O) groups is 1. The molecule has 0 aliphatic heterocycles. The minimum Gasteiger partial charge on any atom is -0.399 e. The van der Waals surface area contributed by atoms with Gasteiger partial charge in [-0.15, -0.1) is 0 Å². The van der Waals surface area contributed by atoms with Gasteiger partial charge < -0.3 is 11.1 Å². The molecule has 0 saturated carbocycles. The Morgan fingerprint density at radius 3 is 2.35 bits per heavy atom. The largest absolute Gasteiger partial charge is 0.399 e. The van der Waals surface area contributed by atoms with Crippen LogP contribution < -0.4 is 11.1 Å². The van der Waals surface area contributed by atoms with Crippen molar-refractivity contribution in [3.05, 3.63) is 60.8 Å². The average molecular weight is 304 g/mol. The number of hydrogen-bond acceptors (Lipinski definition) is 4. The molecule has 1 aromatic heterocycles. The zero-order valence-electron chi connectivity index (χ0n) is 12.7. The van der Waals surface area contributed by atoms with Gasteiger partial charge in [0.15, 0.2) is 5.82 Å². The summed E-state index contributed by atoms with van der Waals surface area (Å²) in [5, 5.41) is 2.73. The molecule has 5 heteroatoms. The van der Waals surface area contributed by atoms with Crippen LogP contribution >= 0.6 is 0 Å². The number of hydrogen-bond donors (Lipinski definition) is 2. The van der Waals surface area contributed by atoms with Gasteiger partial charge in [-0.05, 0) is 12.1 Å². The first kappa shape index (κ1) is 14.7. The highest BCUT2D eigenvalue weighted by Gasteiger charge is 2.12. The standard InChI is InChI=1S/C18H16N4O/c1-12(23)21-18-17(14-5-3-2-4-6-14)22-16(11-20-18)13-7-9-15(19)10-8-13/h2-11H,19H2,1H3,(H,20,21,23). The summed E-state index contributed by atoms with van der Waals surface area (Å²) >= 11 is 0. The van der Waals surface area contributed by atoms with Crippen molar-refractivity contribution in [3.63, 3.8) is 0 Å². The summed E-state index contributed by atoms with van der Waals surface area (Å²) in [6, 6.07) is 17.1. The number of nitrogens with one attached hydrogen (secondary N) is 1. The van der Waals surface area contributed by atoms with Crippen LogP contribution in [-0.4, -0.2) is 15.9 Å². The molecule has 3 N–H and O–H groups in total. The van der Waals surface area contributed by atoms with E-state index in [1.165, 1.54) is 6.92 Å². The van der Waals surface area contributed by atoms with Gasteiger partial charge in [-0.3, -0.25) is 4.79 Å². The van der Waals surface area contributed by atoms with Crippen molar-refractivity contribution in [2.75, 3.05) is 11.1 Å². The molecular weight excluding hydrogens is 288 g/mol. The van der Waals surface area contributed by atoms with E-state index >= 15 is 0 Å². The third kappa shape index (κ3) is 3.35. The van der Waals surface area contributed by atoms with E-state index in [1.54, 1.807) is 6.20 Å². The smallest absolute Gasteiger partial charge is 0.222 e. The molecular formula is C18H16N4O. The molecule has 0 spiro atoms. The van der Waals surface area contributed by atoms with Gasteiger partial charge in [-0.25, -0.2) is 9.97 Å². The van der Waals surface area contributed by atoms with Crippen molar-refractivity contribution in [1.29, 1.82) is 0 Å². The lowest BCUT2D eigenvalue weighted by molar-refractivity contribution is -0.114. The van der Waals surface area contributed by atoms with E-state index in [0.29, 0.717) is 17.2 Å². The summed E-state index contributed by atoms with van der Waals surface area (Å²) in [6.07, 6.45) is 1.64. The molecule has 5 nitrogen and oxygen atoms in total. The molecule has 0 unspecified atom stereocenters. The van der Waals surface area contributed by atoms with E-state index in [4.69, 9.17) is 5.73 Å². The molecule has 0 atom stereocenters. The third-order valence-electron chi connectivity index (χ3n) is 3.32. The van der Waals surface area contributed by atoms with Gasteiger partial charge in [0.1, 0.15) is 5.69 Å². The first-order valence-electron chi connectivity index (χ1n) is 7.19. The Morgan fingerprint density at radius 2 is 1.70 bits per heavy atom. The third-order valence-corrected chi connectivity index (χ3v) is 3.32. The maximum atomic E-state index is 11.4. The van der Waals surface area contributed by atoms with Crippen LogP contribution in [0.5, 0.6) is 0 Å². The average Bonchev–Trinajstić information content (AvgIpc) is 2.56. The van der Waals surface area contributed by atoms with Gasteiger partial charge in [-0.1, -0.05) is 42.5 Å². The van der Waals surface area contributed by atoms with Gasteiger partial charge >= 0.3 is 0 Å². The Labute approximate surface area is 134 Å². The first-order valence-corrected chi connectivity index (χ1v) is 7.19. The molecule has 0 saturated heterocycles. The molecule has 0 radical (unpaired) electrons. The lowest BCUT2D eigenvalue weighted by atomic mass is 10.1. The van der Waals surface area contributed by atoms with Gasteiger partial charge in [0.25, 0.3) is 0 Å². The zero-order chi connectivity index (χ0) is 16.2. The van der Waals surface area contributed by atoms with Crippen LogP contribution in [0.15, 0.2) is 60.8 Å². The molecule has 1 amide bonds. The summed E-state index contributed by atoms with van der Waals surface area (Å²) in [4.78, 5) is 20.4. The minimum absolute atomic E-state index is 0.184. The van der Waals surface area contributed by atoms with E-state index < -0.39 is 0 Å². The second-order valence-electron chi connectivity index (χ2n) is 5.12. The molecule has 0 fully saturated rings. The van der Waals surface area contributed by atoms with Crippen LogP contribution in [0.4, 0.5) is 11.5 Å². The van der Waals surface area contributed by atoms with Crippen LogP contribution in [0.2, 0.25) is 0 Å². The number of aromatic nitrogens is 2. The molecule has 0 aliphatic carbocycles. The highest BCUT2D eigenvalue weighted by atomic mass is 16.1. The Hall–Kier alpha value is -3.21. The van der Waals surface area contributed by atoms with E-state index in [-0.39, 0.29) is 5.91 Å². The predicted molar refractivity (Wildman–Crippen MR) is 91.6 cm³/mol. The van der Waals surface area contributed by atoms with Crippen molar-refractivity contribution < 1.29 is 4.79 Å². The van der Waals surface area contributed by atoms with Crippen molar-refractivity contribution in [2.45, 2.75) is 6.92 Å². The number of carbonyl (C=O) groups excluding carboxylic acids is 1. The number of anilines is 2. The van der Waals surface area contributed by atoms with Gasteiger partial charge in [0.05, 0.1) is 11.9 Å². The van der Waals surface area contributed by atoms with Gasteiger partial charge in [-0.2, -0.15) is 0 Å². The molecule has 0 aliphatic rings. The van der Waals surface area contributed by atoms with Crippen molar-refractivity contribution in [2.24, 2.45) is 0 Å². The molecule has 0 bridgehead atoms. The van der Waals surface area contributed by atoms with E-state index in [1.807, 2.05) is 54.6 Å². The van der Waals surface area contributed by atoms with Crippen LogP contribution in [0, 0.1) is 0 Å². The van der Waals surface area contributed by atoms with Crippen molar-refractivity contribution in [1.82, 2.24) is 9.97 Å². The number of benzene rings is 2. The number of nitrogens with two attached hydrogens (primary N) is 1. The summed E-state index contributed by atoms with van der Waals surface area (Å²) in [7, 11) is 0. The summed E-state index contributed by atoms with van der Waals surface area (Å²) in [6.45, 7) is 1.45. The first-order chi connectivity index (χ1) is 11.1. The van der Waals surface area contributed by atoms with Crippen LogP contribution in [0.1, 0.15) is 6.92 Å². The number of nitrogen functional groups attached to an aromatic ring is 1. The van der Waals surface area contributed by atoms with Crippen molar-refractivity contribution >= 4 is 17.4 Å². The fraction of sp³-hybridized carbons (Fsp3) is 0.0556. The molecule has 3 aromatic rings. The fourth-order valence-corrected chi connectivity index (χ4v) is 2.24. The van der Waals surface area contributed by atoms with E-state index in [9.17, 15) is 4.79 Å². The molecule has 114 valence electrons. The normalized spacial score (nSPS) is 10.3. The fourth-order valence-electron chi connectivity index (χ4n) is 2.24. The van der Waals surface area contributed by atoms with E-state index in [2.05, 4.69) is 15.3 Å². The summed E-state index contributed by atoms with van der Waals surface area (Å²) < 4.78 is 0. The molecule has 3 rings (SSSR count). The lowest BCUT2D eigenvalue weighted by Gasteiger charge is -2.10. The second kappa shape index (κ2) is 6.27. The van der Waals surface area contributed by atoms with Crippen molar-refractivity contribution in [3.8, 4) is 22.5 Å². The Kier molecular flexibility index (Phi) is 4.01. The number of rotatable bonds is 3. The molecule has 1 heterocycles. The lowest BCUT2D eigenvalue weighted by Crippen LogP contribution is -2.10. The monoisotopic (exact) mass is 304 g/mol. The van der Waals surface area contributed by atoms with Crippen LogP contribution in [0.25, 0.3) is 22.5 Å². The minimum atomic E-state index is -0.184. The van der Waals surface area contributed by atoms with Gasteiger partial charge in [0.2, 0.25) is 5.91 Å².